The first kappa shape index (κ1) is 18.4. The molecule has 2 N–H and O–H groups in total. The molecule has 2 amide bonds. The standard InChI is InChI=1S/C19H23BrN4O3/c1-19(2)9-13(5-6-27-19)21-18(26)11-7-16(25)24(10-11)17-14-4-3-12(20)8-15(14)22-23-17/h3-4,8,11,13H,5-7,9-10H2,1-2H3,(H,21,26)(H,22,23). The highest BCUT2D eigenvalue weighted by atomic mass is 79.9. The third kappa shape index (κ3) is 3.73. The van der Waals surface area contributed by atoms with Gasteiger partial charge in [0.25, 0.3) is 0 Å². The van der Waals surface area contributed by atoms with E-state index in [4.69, 9.17) is 4.74 Å². The second-order valence-electron chi connectivity index (χ2n) is 7.95. The van der Waals surface area contributed by atoms with Crippen LogP contribution < -0.4 is 10.2 Å². The van der Waals surface area contributed by atoms with Crippen molar-refractivity contribution in [1.29, 1.82) is 0 Å². The quantitative estimate of drug-likeness (QED) is 0.777. The van der Waals surface area contributed by atoms with E-state index in [-0.39, 0.29) is 35.8 Å². The molecule has 144 valence electrons. The van der Waals surface area contributed by atoms with Crippen LogP contribution in [0.5, 0.6) is 0 Å². The number of ether oxygens (including phenoxy) is 1. The van der Waals surface area contributed by atoms with Crippen LogP contribution in [0.1, 0.15) is 33.1 Å². The number of fused-ring (bicyclic) bond motifs is 1. The summed E-state index contributed by atoms with van der Waals surface area (Å²) < 4.78 is 6.65. The minimum atomic E-state index is -0.356. The van der Waals surface area contributed by atoms with Crippen molar-refractivity contribution in [3.8, 4) is 0 Å². The SMILES string of the molecule is CC1(C)CC(NC(=O)C2CC(=O)N(c3n[nH]c4cc(Br)ccc34)C2)CCO1. The second kappa shape index (κ2) is 6.91. The van der Waals surface area contributed by atoms with Gasteiger partial charge in [0, 0.05) is 35.5 Å². The topological polar surface area (TPSA) is 87.3 Å². The van der Waals surface area contributed by atoms with Gasteiger partial charge in [0.2, 0.25) is 11.8 Å². The van der Waals surface area contributed by atoms with Crippen molar-refractivity contribution in [2.75, 3.05) is 18.1 Å². The smallest absolute Gasteiger partial charge is 0.229 e. The number of hydrogen-bond donors (Lipinski definition) is 2. The summed E-state index contributed by atoms with van der Waals surface area (Å²) >= 11 is 3.43. The fourth-order valence-electron chi connectivity index (χ4n) is 3.95. The number of amides is 2. The molecule has 3 heterocycles. The van der Waals surface area contributed by atoms with Gasteiger partial charge in [-0.2, -0.15) is 5.10 Å². The molecule has 0 spiro atoms. The number of hydrogen-bond acceptors (Lipinski definition) is 4. The van der Waals surface area contributed by atoms with Gasteiger partial charge in [0.05, 0.1) is 17.0 Å². The van der Waals surface area contributed by atoms with Gasteiger partial charge in [0.1, 0.15) is 0 Å². The van der Waals surface area contributed by atoms with Gasteiger partial charge in [-0.05, 0) is 44.9 Å². The lowest BCUT2D eigenvalue weighted by Gasteiger charge is -2.36. The van der Waals surface area contributed by atoms with Gasteiger partial charge in [-0.25, -0.2) is 0 Å². The summed E-state index contributed by atoms with van der Waals surface area (Å²) in [5.41, 5.74) is 0.625. The molecule has 2 aromatic rings. The zero-order valence-corrected chi connectivity index (χ0v) is 17.0. The number of aromatic amines is 1. The zero-order valence-electron chi connectivity index (χ0n) is 15.4. The Kier molecular flexibility index (Phi) is 4.71. The molecule has 1 aromatic heterocycles. The predicted octanol–water partition coefficient (Wildman–Crippen LogP) is 2.75. The van der Waals surface area contributed by atoms with Crippen molar-refractivity contribution < 1.29 is 14.3 Å². The lowest BCUT2D eigenvalue weighted by molar-refractivity contribution is -0.128. The van der Waals surface area contributed by atoms with Crippen molar-refractivity contribution >= 4 is 44.5 Å². The van der Waals surface area contributed by atoms with Crippen LogP contribution in [0.4, 0.5) is 5.82 Å². The Morgan fingerprint density at radius 2 is 2.26 bits per heavy atom. The first-order chi connectivity index (χ1) is 12.8. The Morgan fingerprint density at radius 3 is 3.04 bits per heavy atom. The predicted molar refractivity (Wildman–Crippen MR) is 105 cm³/mol. The summed E-state index contributed by atoms with van der Waals surface area (Å²) in [6.45, 7) is 5.07. The summed E-state index contributed by atoms with van der Waals surface area (Å²) in [6, 6.07) is 5.85. The number of rotatable bonds is 3. The molecule has 8 heteroatoms. The van der Waals surface area contributed by atoms with Gasteiger partial charge < -0.3 is 10.1 Å². The van der Waals surface area contributed by atoms with E-state index in [0.29, 0.717) is 19.0 Å². The third-order valence-corrected chi connectivity index (χ3v) is 5.79. The van der Waals surface area contributed by atoms with Crippen LogP contribution in [0.15, 0.2) is 22.7 Å². The molecular formula is C19H23BrN4O3. The highest BCUT2D eigenvalue weighted by molar-refractivity contribution is 9.10. The number of aromatic nitrogens is 2. The summed E-state index contributed by atoms with van der Waals surface area (Å²) in [6.07, 6.45) is 1.80. The number of anilines is 1. The molecule has 2 fully saturated rings. The minimum absolute atomic E-state index is 0.0591. The van der Waals surface area contributed by atoms with Crippen molar-refractivity contribution in [1.82, 2.24) is 15.5 Å². The normalized spacial score (nSPS) is 25.1. The van der Waals surface area contributed by atoms with E-state index < -0.39 is 0 Å². The molecule has 0 radical (unpaired) electrons. The van der Waals surface area contributed by atoms with Gasteiger partial charge >= 0.3 is 0 Å². The number of carbonyl (C=O) groups excluding carboxylic acids is 2. The molecule has 7 nitrogen and oxygen atoms in total. The molecule has 1 aromatic carbocycles. The summed E-state index contributed by atoms with van der Waals surface area (Å²) in [7, 11) is 0. The van der Waals surface area contributed by atoms with E-state index >= 15 is 0 Å². The number of nitrogens with zero attached hydrogens (tertiary/aromatic N) is 2. The second-order valence-corrected chi connectivity index (χ2v) is 8.86. The molecule has 2 aliphatic heterocycles. The van der Waals surface area contributed by atoms with Crippen LogP contribution in [0, 0.1) is 5.92 Å². The van der Waals surface area contributed by atoms with Gasteiger partial charge in [-0.1, -0.05) is 15.9 Å². The zero-order chi connectivity index (χ0) is 19.2. The first-order valence-electron chi connectivity index (χ1n) is 9.21. The average molecular weight is 435 g/mol. The fraction of sp³-hybridized carbons (Fsp3) is 0.526. The van der Waals surface area contributed by atoms with E-state index in [1.807, 2.05) is 32.0 Å². The average Bonchev–Trinajstić information content (AvgIpc) is 3.16. The lowest BCUT2D eigenvalue weighted by Crippen LogP contribution is -2.47. The maximum Gasteiger partial charge on any atom is 0.229 e. The van der Waals surface area contributed by atoms with Crippen LogP contribution in [-0.2, 0) is 14.3 Å². The molecule has 2 unspecified atom stereocenters. The first-order valence-corrected chi connectivity index (χ1v) is 10.00. The van der Waals surface area contributed by atoms with Crippen molar-refractivity contribution in [2.45, 2.75) is 44.8 Å². The number of carbonyl (C=O) groups is 2. The van der Waals surface area contributed by atoms with Crippen LogP contribution in [0.3, 0.4) is 0 Å². The Hall–Kier alpha value is -1.93. The number of halogens is 1. The van der Waals surface area contributed by atoms with E-state index in [0.717, 1.165) is 28.2 Å². The van der Waals surface area contributed by atoms with Crippen molar-refractivity contribution in [3.63, 3.8) is 0 Å². The van der Waals surface area contributed by atoms with Gasteiger partial charge in [-0.3, -0.25) is 19.6 Å². The highest BCUT2D eigenvalue weighted by Gasteiger charge is 2.38. The highest BCUT2D eigenvalue weighted by Crippen LogP contribution is 2.31. The third-order valence-electron chi connectivity index (χ3n) is 5.30. The van der Waals surface area contributed by atoms with Crippen LogP contribution >= 0.6 is 15.9 Å². The van der Waals surface area contributed by atoms with Gasteiger partial charge in [-0.15, -0.1) is 0 Å². The largest absolute Gasteiger partial charge is 0.375 e. The summed E-state index contributed by atoms with van der Waals surface area (Å²) in [5.74, 6) is 0.102. The number of nitrogens with one attached hydrogen (secondary N) is 2. The molecule has 2 atom stereocenters. The summed E-state index contributed by atoms with van der Waals surface area (Å²) in [5, 5.41) is 11.3. The van der Waals surface area contributed by atoms with E-state index in [1.165, 1.54) is 0 Å². The van der Waals surface area contributed by atoms with Gasteiger partial charge in [0.15, 0.2) is 5.82 Å². The molecule has 0 aliphatic carbocycles. The molecule has 0 saturated carbocycles. The molecular weight excluding hydrogens is 412 g/mol. The molecule has 27 heavy (non-hydrogen) atoms. The Morgan fingerprint density at radius 1 is 1.44 bits per heavy atom. The Bertz CT molecular complexity index is 894. The molecule has 2 aliphatic rings. The Balaban J connectivity index is 1.46. The van der Waals surface area contributed by atoms with Crippen molar-refractivity contribution in [2.24, 2.45) is 5.92 Å². The van der Waals surface area contributed by atoms with E-state index in [1.54, 1.807) is 4.90 Å². The number of H-pyrrole nitrogens is 1. The molecule has 4 rings (SSSR count). The van der Waals surface area contributed by atoms with Crippen molar-refractivity contribution in [3.05, 3.63) is 22.7 Å². The minimum Gasteiger partial charge on any atom is -0.375 e. The van der Waals surface area contributed by atoms with E-state index in [2.05, 4.69) is 31.4 Å². The Labute approximate surface area is 165 Å². The lowest BCUT2D eigenvalue weighted by atomic mass is 9.93. The fourth-order valence-corrected chi connectivity index (χ4v) is 4.31. The van der Waals surface area contributed by atoms with Crippen LogP contribution in [-0.4, -0.2) is 46.8 Å². The monoisotopic (exact) mass is 434 g/mol. The van der Waals surface area contributed by atoms with Crippen LogP contribution in [0.25, 0.3) is 10.9 Å². The number of benzene rings is 1. The molecule has 2 saturated heterocycles. The molecule has 0 bridgehead atoms. The maximum absolute atomic E-state index is 12.7. The maximum atomic E-state index is 12.7. The van der Waals surface area contributed by atoms with E-state index in [9.17, 15) is 9.59 Å². The summed E-state index contributed by atoms with van der Waals surface area (Å²) in [4.78, 5) is 26.9. The van der Waals surface area contributed by atoms with Crippen LogP contribution in [0.2, 0.25) is 0 Å².